The molecule has 9 nitrogen and oxygen atoms in total. The van der Waals surface area contributed by atoms with Gasteiger partial charge in [0.25, 0.3) is 11.8 Å². The molecule has 1 aliphatic heterocycles. The number of aliphatic hydroxyl groups excluding tert-OH is 1. The quantitative estimate of drug-likeness (QED) is 0.466. The second-order valence-corrected chi connectivity index (χ2v) is 8.04. The maximum Gasteiger partial charge on any atom is 0.270 e. The normalized spacial score (nSPS) is 14.5. The van der Waals surface area contributed by atoms with Crippen molar-refractivity contribution in [1.29, 1.82) is 0 Å². The second-order valence-electron chi connectivity index (χ2n) is 8.04. The number of benzene rings is 1. The number of piperidine rings is 1. The fourth-order valence-corrected chi connectivity index (χ4v) is 3.78. The summed E-state index contributed by atoms with van der Waals surface area (Å²) in [5.41, 5.74) is 1.07. The van der Waals surface area contributed by atoms with Crippen LogP contribution in [0.2, 0.25) is 0 Å². The Kier molecular flexibility index (Phi) is 7.48. The molecule has 2 aromatic heterocycles. The van der Waals surface area contributed by atoms with Crippen molar-refractivity contribution >= 4 is 17.8 Å². The van der Waals surface area contributed by atoms with E-state index >= 15 is 0 Å². The van der Waals surface area contributed by atoms with Crippen molar-refractivity contribution < 1.29 is 23.5 Å². The second kappa shape index (κ2) is 10.9. The molecule has 3 heterocycles. The number of aliphatic hydroxyl groups is 1. The van der Waals surface area contributed by atoms with Gasteiger partial charge in [-0.3, -0.25) is 9.59 Å². The zero-order valence-electron chi connectivity index (χ0n) is 18.5. The molecule has 1 atom stereocenters. The molecule has 3 N–H and O–H groups in total. The molecule has 4 rings (SSSR count). The predicted octanol–water partition coefficient (Wildman–Crippen LogP) is 2.59. The van der Waals surface area contributed by atoms with Crippen LogP contribution in [0, 0.1) is 5.82 Å². The lowest BCUT2D eigenvalue weighted by atomic mass is 10.1. The molecule has 1 fully saturated rings. The summed E-state index contributed by atoms with van der Waals surface area (Å²) < 4.78 is 18.5. The van der Waals surface area contributed by atoms with E-state index in [1.807, 2.05) is 0 Å². The topological polar surface area (TPSA) is 121 Å². The minimum atomic E-state index is -0.644. The highest BCUT2D eigenvalue weighted by Gasteiger charge is 2.21. The van der Waals surface area contributed by atoms with Crippen molar-refractivity contribution in [1.82, 2.24) is 20.6 Å². The van der Waals surface area contributed by atoms with Gasteiger partial charge in [0.1, 0.15) is 30.1 Å². The number of rotatable bonds is 8. The average molecular weight is 468 g/mol. The summed E-state index contributed by atoms with van der Waals surface area (Å²) in [4.78, 5) is 36.3. The van der Waals surface area contributed by atoms with Crippen LogP contribution in [0.1, 0.15) is 57.5 Å². The number of furan rings is 1. The van der Waals surface area contributed by atoms with E-state index in [1.54, 1.807) is 18.3 Å². The molecule has 0 aliphatic carbocycles. The molecular formula is C24H26FN5O4. The molecule has 10 heteroatoms. The van der Waals surface area contributed by atoms with E-state index in [0.717, 1.165) is 25.9 Å². The van der Waals surface area contributed by atoms with Crippen molar-refractivity contribution in [3.63, 3.8) is 0 Å². The molecule has 0 spiro atoms. The van der Waals surface area contributed by atoms with Crippen LogP contribution in [0.15, 0.2) is 53.3 Å². The Bertz CT molecular complexity index is 1130. The van der Waals surface area contributed by atoms with Gasteiger partial charge < -0.3 is 25.1 Å². The molecule has 178 valence electrons. The smallest absolute Gasteiger partial charge is 0.270 e. The fourth-order valence-electron chi connectivity index (χ4n) is 3.78. The number of nitrogens with one attached hydrogen (secondary N) is 2. The van der Waals surface area contributed by atoms with Gasteiger partial charge in [0.15, 0.2) is 0 Å². The van der Waals surface area contributed by atoms with Crippen molar-refractivity contribution in [2.75, 3.05) is 24.5 Å². The summed E-state index contributed by atoms with van der Waals surface area (Å²) >= 11 is 0. The van der Waals surface area contributed by atoms with Crippen molar-refractivity contribution in [3.05, 3.63) is 77.3 Å². The predicted molar refractivity (Wildman–Crippen MR) is 122 cm³/mol. The maximum absolute atomic E-state index is 13.5. The van der Waals surface area contributed by atoms with Crippen LogP contribution in [0.4, 0.5) is 10.3 Å². The van der Waals surface area contributed by atoms with Gasteiger partial charge in [-0.2, -0.15) is 0 Å². The summed E-state index contributed by atoms with van der Waals surface area (Å²) in [6.45, 7) is 1.42. The highest BCUT2D eigenvalue weighted by molar-refractivity contribution is 5.94. The largest absolute Gasteiger partial charge is 0.466 e. The summed E-state index contributed by atoms with van der Waals surface area (Å²) in [5, 5.41) is 14.7. The first-order chi connectivity index (χ1) is 16.5. The Hall–Kier alpha value is -3.79. The molecule has 3 aromatic rings. The van der Waals surface area contributed by atoms with E-state index < -0.39 is 23.7 Å². The third-order valence-electron chi connectivity index (χ3n) is 5.63. The number of carbonyl (C=O) groups is 2. The van der Waals surface area contributed by atoms with Crippen LogP contribution >= 0.6 is 0 Å². The fraction of sp³-hybridized carbons (Fsp3) is 0.333. The Morgan fingerprint density at radius 3 is 2.59 bits per heavy atom. The number of nitrogens with zero attached hydrogens (tertiary/aromatic N) is 3. The van der Waals surface area contributed by atoms with Crippen LogP contribution in [-0.4, -0.2) is 46.5 Å². The van der Waals surface area contributed by atoms with Gasteiger partial charge in [-0.05, 0) is 49.1 Å². The maximum atomic E-state index is 13.5. The number of aromatic nitrogens is 2. The Balaban J connectivity index is 1.48. The van der Waals surface area contributed by atoms with Gasteiger partial charge in [-0.15, -0.1) is 0 Å². The van der Waals surface area contributed by atoms with Gasteiger partial charge in [0.05, 0.1) is 11.6 Å². The molecular weight excluding hydrogens is 441 g/mol. The van der Waals surface area contributed by atoms with Gasteiger partial charge in [0.2, 0.25) is 5.95 Å². The average Bonchev–Trinajstić information content (AvgIpc) is 3.37. The number of amides is 2. The minimum absolute atomic E-state index is 0.0416. The van der Waals surface area contributed by atoms with Crippen LogP contribution in [0.25, 0.3) is 0 Å². The first-order valence-corrected chi connectivity index (χ1v) is 11.1. The van der Waals surface area contributed by atoms with Crippen LogP contribution < -0.4 is 15.5 Å². The molecule has 34 heavy (non-hydrogen) atoms. The van der Waals surface area contributed by atoms with E-state index in [2.05, 4.69) is 25.5 Å². The molecule has 1 aromatic carbocycles. The van der Waals surface area contributed by atoms with Crippen LogP contribution in [-0.2, 0) is 6.61 Å². The van der Waals surface area contributed by atoms with Gasteiger partial charge >= 0.3 is 0 Å². The monoisotopic (exact) mass is 467 g/mol. The van der Waals surface area contributed by atoms with Crippen LogP contribution in [0.5, 0.6) is 0 Å². The van der Waals surface area contributed by atoms with Crippen LogP contribution in [0.3, 0.4) is 0 Å². The van der Waals surface area contributed by atoms with E-state index in [0.29, 0.717) is 11.5 Å². The molecule has 1 saturated heterocycles. The molecule has 0 saturated carbocycles. The third kappa shape index (κ3) is 5.76. The van der Waals surface area contributed by atoms with E-state index in [4.69, 9.17) is 9.52 Å². The van der Waals surface area contributed by atoms with E-state index in [1.165, 1.54) is 36.9 Å². The molecule has 2 amide bonds. The zero-order chi connectivity index (χ0) is 23.9. The lowest BCUT2D eigenvalue weighted by Gasteiger charge is -2.26. The summed E-state index contributed by atoms with van der Waals surface area (Å²) in [7, 11) is 0. The molecule has 1 aliphatic rings. The highest BCUT2D eigenvalue weighted by Crippen LogP contribution is 2.17. The first-order valence-electron chi connectivity index (χ1n) is 11.1. The summed E-state index contributed by atoms with van der Waals surface area (Å²) in [5.74, 6) is -0.496. The van der Waals surface area contributed by atoms with Gasteiger partial charge in [-0.1, -0.05) is 12.1 Å². The Morgan fingerprint density at radius 2 is 1.88 bits per heavy atom. The lowest BCUT2D eigenvalue weighted by molar-refractivity contribution is 0.0905. The molecule has 0 bridgehead atoms. The number of anilines is 1. The van der Waals surface area contributed by atoms with E-state index in [-0.39, 0.29) is 30.2 Å². The SMILES string of the molecule is O=C(NCC(NC(=O)c1ccnc(N2CCCCC2)n1)c1ccc(F)cc1)c1coc(CO)c1. The number of halogens is 1. The minimum Gasteiger partial charge on any atom is -0.466 e. The van der Waals surface area contributed by atoms with Gasteiger partial charge in [-0.25, -0.2) is 14.4 Å². The summed E-state index contributed by atoms with van der Waals surface area (Å²) in [6.07, 6.45) is 6.08. The Morgan fingerprint density at radius 1 is 1.12 bits per heavy atom. The zero-order valence-corrected chi connectivity index (χ0v) is 18.5. The van der Waals surface area contributed by atoms with Crippen molar-refractivity contribution in [2.45, 2.75) is 31.9 Å². The number of hydrogen-bond donors (Lipinski definition) is 3. The third-order valence-corrected chi connectivity index (χ3v) is 5.63. The highest BCUT2D eigenvalue weighted by atomic mass is 19.1. The first kappa shape index (κ1) is 23.4. The standard InChI is InChI=1S/C24H26FN5O4/c25-18-6-4-16(5-7-18)21(13-27-22(32)17-12-19(14-31)34-15-17)28-23(33)20-8-9-26-24(29-20)30-10-2-1-3-11-30/h4-9,12,15,21,31H,1-3,10-11,13-14H2,(H,27,32)(H,28,33). The number of carbonyl (C=O) groups excluding carboxylic acids is 2. The van der Waals surface area contributed by atoms with Crippen molar-refractivity contribution in [3.8, 4) is 0 Å². The summed E-state index contributed by atoms with van der Waals surface area (Å²) in [6, 6.07) is 8.00. The lowest BCUT2D eigenvalue weighted by Crippen LogP contribution is -2.38. The number of hydrogen-bond acceptors (Lipinski definition) is 7. The van der Waals surface area contributed by atoms with Gasteiger partial charge in [0, 0.05) is 25.8 Å². The molecule has 1 unspecified atom stereocenters. The van der Waals surface area contributed by atoms with E-state index in [9.17, 15) is 14.0 Å². The van der Waals surface area contributed by atoms with Crippen molar-refractivity contribution in [2.24, 2.45) is 0 Å². The Labute approximate surface area is 196 Å². The molecule has 0 radical (unpaired) electrons.